The average molecular weight is 138 g/mol. The number of aromatic nitrogens is 2. The van der Waals surface area contributed by atoms with Crippen LogP contribution in [0.4, 0.5) is 5.82 Å². The van der Waals surface area contributed by atoms with E-state index in [9.17, 15) is 0 Å². The van der Waals surface area contributed by atoms with Gasteiger partial charge < -0.3 is 11.5 Å². The Morgan fingerprint density at radius 2 is 2.20 bits per heavy atom. The Labute approximate surface area is 59.3 Å². The van der Waals surface area contributed by atoms with E-state index in [2.05, 4.69) is 9.97 Å². The van der Waals surface area contributed by atoms with Gasteiger partial charge in [0.15, 0.2) is 0 Å². The molecule has 0 aliphatic heterocycles. The van der Waals surface area contributed by atoms with E-state index in [1.807, 2.05) is 0 Å². The summed E-state index contributed by atoms with van der Waals surface area (Å²) in [5.41, 5.74) is 11.6. The molecule has 0 spiro atoms. The minimum absolute atomic E-state index is 0.410. The van der Waals surface area contributed by atoms with Gasteiger partial charge in [-0.05, 0) is 6.92 Å². The van der Waals surface area contributed by atoms with Crippen molar-refractivity contribution < 1.29 is 0 Å². The Hall–Kier alpha value is -1.16. The lowest BCUT2D eigenvalue weighted by molar-refractivity contribution is 0.931. The molecule has 1 aromatic rings. The highest BCUT2D eigenvalue weighted by Crippen LogP contribution is 2.00. The van der Waals surface area contributed by atoms with Crippen molar-refractivity contribution in [3.63, 3.8) is 0 Å². The maximum atomic E-state index is 5.43. The number of nitrogens with zero attached hydrogens (tertiary/aromatic N) is 2. The Balaban J connectivity index is 3.06. The summed E-state index contributed by atoms with van der Waals surface area (Å²) in [6.07, 6.45) is 0. The monoisotopic (exact) mass is 138 g/mol. The number of nitrogen functional groups attached to an aromatic ring is 1. The molecular weight excluding hydrogens is 128 g/mol. The molecule has 0 aromatic carbocycles. The van der Waals surface area contributed by atoms with Crippen molar-refractivity contribution in [2.75, 3.05) is 5.73 Å². The van der Waals surface area contributed by atoms with Crippen LogP contribution in [-0.2, 0) is 6.54 Å². The van der Waals surface area contributed by atoms with Gasteiger partial charge >= 0.3 is 0 Å². The molecule has 54 valence electrons. The third kappa shape index (κ3) is 1.41. The lowest BCUT2D eigenvalue weighted by Gasteiger charge is -1.98. The maximum absolute atomic E-state index is 5.43. The summed E-state index contributed by atoms with van der Waals surface area (Å²) < 4.78 is 0. The molecule has 0 fully saturated rings. The van der Waals surface area contributed by atoms with E-state index >= 15 is 0 Å². The van der Waals surface area contributed by atoms with Crippen LogP contribution in [0.2, 0.25) is 0 Å². The van der Waals surface area contributed by atoms with E-state index < -0.39 is 0 Å². The van der Waals surface area contributed by atoms with Crippen molar-refractivity contribution in [2.45, 2.75) is 13.5 Å². The molecule has 1 aromatic heterocycles. The van der Waals surface area contributed by atoms with Crippen LogP contribution in [0, 0.1) is 6.92 Å². The number of hydrogen-bond acceptors (Lipinski definition) is 4. The molecule has 0 saturated carbocycles. The predicted octanol–water partition coefficient (Wildman–Crippen LogP) is -0.174. The Bertz CT molecular complexity index is 213. The second-order valence-electron chi connectivity index (χ2n) is 2.04. The van der Waals surface area contributed by atoms with Gasteiger partial charge in [-0.3, -0.25) is 0 Å². The molecule has 1 heterocycles. The summed E-state index contributed by atoms with van der Waals surface area (Å²) in [6, 6.07) is 1.67. The first kappa shape index (κ1) is 6.95. The molecule has 0 aliphatic rings. The summed E-state index contributed by atoms with van der Waals surface area (Å²) in [4.78, 5) is 7.93. The highest BCUT2D eigenvalue weighted by Gasteiger charge is 1.94. The van der Waals surface area contributed by atoms with Gasteiger partial charge in [0, 0.05) is 12.6 Å². The fourth-order valence-electron chi connectivity index (χ4n) is 0.759. The van der Waals surface area contributed by atoms with Crippen LogP contribution in [0.3, 0.4) is 0 Å². The molecule has 4 nitrogen and oxygen atoms in total. The van der Waals surface area contributed by atoms with Gasteiger partial charge in [0.25, 0.3) is 0 Å². The fraction of sp³-hybridized carbons (Fsp3) is 0.333. The zero-order chi connectivity index (χ0) is 7.56. The van der Waals surface area contributed by atoms with E-state index in [1.165, 1.54) is 0 Å². The van der Waals surface area contributed by atoms with Gasteiger partial charge in [-0.1, -0.05) is 0 Å². The van der Waals surface area contributed by atoms with E-state index in [-0.39, 0.29) is 0 Å². The summed E-state index contributed by atoms with van der Waals surface area (Å²) in [7, 11) is 0. The average Bonchev–Trinajstić information content (AvgIpc) is 1.85. The van der Waals surface area contributed by atoms with Crippen molar-refractivity contribution in [1.82, 2.24) is 9.97 Å². The minimum Gasteiger partial charge on any atom is -0.384 e. The normalized spacial score (nSPS) is 9.80. The van der Waals surface area contributed by atoms with Gasteiger partial charge in [-0.25, -0.2) is 9.97 Å². The van der Waals surface area contributed by atoms with Crippen LogP contribution in [0.25, 0.3) is 0 Å². The second kappa shape index (κ2) is 2.62. The van der Waals surface area contributed by atoms with Gasteiger partial charge in [0.2, 0.25) is 0 Å². The molecule has 0 radical (unpaired) electrons. The van der Waals surface area contributed by atoms with Crippen molar-refractivity contribution >= 4 is 5.82 Å². The molecule has 0 unspecified atom stereocenters. The first-order valence-electron chi connectivity index (χ1n) is 3.02. The zero-order valence-corrected chi connectivity index (χ0v) is 5.83. The molecule has 4 heteroatoms. The first-order valence-corrected chi connectivity index (χ1v) is 3.02. The number of nitrogens with two attached hydrogens (primary N) is 2. The summed E-state index contributed by atoms with van der Waals surface area (Å²) >= 11 is 0. The van der Waals surface area contributed by atoms with E-state index in [1.54, 1.807) is 13.0 Å². The first-order chi connectivity index (χ1) is 4.72. The second-order valence-corrected chi connectivity index (χ2v) is 2.04. The van der Waals surface area contributed by atoms with Crippen LogP contribution in [0.5, 0.6) is 0 Å². The fourth-order valence-corrected chi connectivity index (χ4v) is 0.759. The molecule has 1 rings (SSSR count). The topological polar surface area (TPSA) is 77.8 Å². The molecule has 0 amide bonds. The molecule has 0 bridgehead atoms. The Morgan fingerprint density at radius 1 is 1.50 bits per heavy atom. The highest BCUT2D eigenvalue weighted by atomic mass is 14.9. The van der Waals surface area contributed by atoms with Crippen molar-refractivity contribution in [1.29, 1.82) is 0 Å². The number of anilines is 1. The van der Waals surface area contributed by atoms with Crippen molar-refractivity contribution in [3.8, 4) is 0 Å². The van der Waals surface area contributed by atoms with Crippen molar-refractivity contribution in [3.05, 3.63) is 17.6 Å². The van der Waals surface area contributed by atoms with E-state index in [0.717, 1.165) is 5.69 Å². The molecule has 10 heavy (non-hydrogen) atoms. The lowest BCUT2D eigenvalue weighted by atomic mass is 10.4. The molecule has 0 atom stereocenters. The summed E-state index contributed by atoms with van der Waals surface area (Å²) in [5, 5.41) is 0. The molecule has 4 N–H and O–H groups in total. The zero-order valence-electron chi connectivity index (χ0n) is 5.83. The maximum Gasteiger partial charge on any atom is 0.127 e. The van der Waals surface area contributed by atoms with Crippen LogP contribution >= 0.6 is 0 Å². The third-order valence-electron chi connectivity index (χ3n) is 1.12. The Morgan fingerprint density at radius 3 is 2.70 bits per heavy atom. The predicted molar refractivity (Wildman–Crippen MR) is 39.1 cm³/mol. The summed E-state index contributed by atoms with van der Waals surface area (Å²) in [5.74, 6) is 1.15. The van der Waals surface area contributed by atoms with E-state index in [0.29, 0.717) is 18.2 Å². The van der Waals surface area contributed by atoms with Crippen LogP contribution in [0.15, 0.2) is 6.07 Å². The van der Waals surface area contributed by atoms with Crippen LogP contribution in [-0.4, -0.2) is 9.97 Å². The third-order valence-corrected chi connectivity index (χ3v) is 1.12. The highest BCUT2D eigenvalue weighted by molar-refractivity contribution is 5.29. The number of hydrogen-bond donors (Lipinski definition) is 2. The van der Waals surface area contributed by atoms with Crippen molar-refractivity contribution in [2.24, 2.45) is 5.73 Å². The lowest BCUT2D eigenvalue weighted by Crippen LogP contribution is -2.04. The quantitative estimate of drug-likeness (QED) is 0.564. The standard InChI is InChI=1S/C6H10N4/c1-4-9-5(3-7)2-6(8)10-4/h2H,3,7H2,1H3,(H2,8,9,10). The summed E-state index contributed by atoms with van der Waals surface area (Å²) in [6.45, 7) is 2.20. The van der Waals surface area contributed by atoms with Crippen LogP contribution < -0.4 is 11.5 Å². The van der Waals surface area contributed by atoms with Gasteiger partial charge in [0.1, 0.15) is 11.6 Å². The molecule has 0 aliphatic carbocycles. The van der Waals surface area contributed by atoms with Gasteiger partial charge in [-0.2, -0.15) is 0 Å². The minimum atomic E-state index is 0.410. The Kier molecular flexibility index (Phi) is 1.82. The molecule has 0 saturated heterocycles. The SMILES string of the molecule is Cc1nc(N)cc(CN)n1. The van der Waals surface area contributed by atoms with Crippen LogP contribution in [0.1, 0.15) is 11.5 Å². The number of rotatable bonds is 1. The largest absolute Gasteiger partial charge is 0.384 e. The smallest absolute Gasteiger partial charge is 0.127 e. The molecular formula is C6H10N4. The van der Waals surface area contributed by atoms with Gasteiger partial charge in [0.05, 0.1) is 5.69 Å². The number of aryl methyl sites for hydroxylation is 1. The van der Waals surface area contributed by atoms with Gasteiger partial charge in [-0.15, -0.1) is 0 Å². The van der Waals surface area contributed by atoms with E-state index in [4.69, 9.17) is 11.5 Å².